The fourth-order valence-corrected chi connectivity index (χ4v) is 2.68. The Morgan fingerprint density at radius 1 is 1.26 bits per heavy atom. The standard InChI is InChI=1S/C20H19ClFN3O2/c1-14(15-5-7-17(22)8-6-15)12-23-20(26)19-9-10-25(24-19)13-27-18-4-2-3-16(21)11-18/h2-11,14H,12-13H2,1H3,(H,23,26). The van der Waals surface area contributed by atoms with E-state index in [1.165, 1.54) is 16.8 Å². The molecule has 7 heteroatoms. The number of nitrogens with zero attached hydrogens (tertiary/aromatic N) is 2. The third-order valence-corrected chi connectivity index (χ3v) is 4.28. The Morgan fingerprint density at radius 2 is 2.04 bits per heavy atom. The Bertz CT molecular complexity index is 912. The number of aromatic nitrogens is 2. The van der Waals surface area contributed by atoms with E-state index in [-0.39, 0.29) is 24.4 Å². The van der Waals surface area contributed by atoms with Crippen LogP contribution in [0.1, 0.15) is 28.9 Å². The smallest absolute Gasteiger partial charge is 0.271 e. The summed E-state index contributed by atoms with van der Waals surface area (Å²) in [5.74, 6) is 0.130. The number of nitrogens with one attached hydrogen (secondary N) is 1. The maximum Gasteiger partial charge on any atom is 0.271 e. The van der Waals surface area contributed by atoms with Crippen molar-refractivity contribution >= 4 is 17.5 Å². The molecule has 27 heavy (non-hydrogen) atoms. The van der Waals surface area contributed by atoms with Crippen LogP contribution in [0.15, 0.2) is 60.8 Å². The Balaban J connectivity index is 1.51. The van der Waals surface area contributed by atoms with Crippen LogP contribution in [0.4, 0.5) is 4.39 Å². The summed E-state index contributed by atoms with van der Waals surface area (Å²) in [5, 5.41) is 7.63. The van der Waals surface area contributed by atoms with Crippen molar-refractivity contribution in [3.8, 4) is 5.75 Å². The van der Waals surface area contributed by atoms with Crippen LogP contribution in [0.2, 0.25) is 5.02 Å². The molecule has 0 aliphatic heterocycles. The molecule has 1 atom stereocenters. The van der Waals surface area contributed by atoms with Crippen molar-refractivity contribution in [3.05, 3.63) is 82.9 Å². The largest absolute Gasteiger partial charge is 0.471 e. The van der Waals surface area contributed by atoms with Crippen molar-refractivity contribution < 1.29 is 13.9 Å². The molecule has 3 rings (SSSR count). The zero-order chi connectivity index (χ0) is 19.2. The van der Waals surface area contributed by atoms with Crippen molar-refractivity contribution in [2.75, 3.05) is 6.54 Å². The van der Waals surface area contributed by atoms with Crippen molar-refractivity contribution in [2.24, 2.45) is 0 Å². The van der Waals surface area contributed by atoms with E-state index in [2.05, 4.69) is 10.4 Å². The van der Waals surface area contributed by atoms with Gasteiger partial charge in [-0.1, -0.05) is 36.7 Å². The summed E-state index contributed by atoms with van der Waals surface area (Å²) >= 11 is 5.91. The molecule has 0 aliphatic carbocycles. The molecule has 3 aromatic rings. The summed E-state index contributed by atoms with van der Waals surface area (Å²) in [7, 11) is 0. The third kappa shape index (κ3) is 5.31. The van der Waals surface area contributed by atoms with Gasteiger partial charge in [-0.3, -0.25) is 4.79 Å². The monoisotopic (exact) mass is 387 g/mol. The van der Waals surface area contributed by atoms with Crippen molar-refractivity contribution in [2.45, 2.75) is 19.6 Å². The van der Waals surface area contributed by atoms with E-state index in [9.17, 15) is 9.18 Å². The van der Waals surface area contributed by atoms with Gasteiger partial charge in [-0.25, -0.2) is 9.07 Å². The molecule has 1 amide bonds. The molecule has 1 N–H and O–H groups in total. The Hall–Kier alpha value is -2.86. The maximum atomic E-state index is 13.0. The summed E-state index contributed by atoms with van der Waals surface area (Å²) in [4.78, 5) is 12.3. The van der Waals surface area contributed by atoms with E-state index in [1.54, 1.807) is 48.7 Å². The fraction of sp³-hybridized carbons (Fsp3) is 0.200. The third-order valence-electron chi connectivity index (χ3n) is 4.04. The van der Waals surface area contributed by atoms with Gasteiger partial charge < -0.3 is 10.1 Å². The van der Waals surface area contributed by atoms with Crippen LogP contribution in [0, 0.1) is 5.82 Å². The number of benzene rings is 2. The van der Waals surface area contributed by atoms with E-state index in [0.717, 1.165) is 5.56 Å². The van der Waals surface area contributed by atoms with Crippen LogP contribution < -0.4 is 10.1 Å². The lowest BCUT2D eigenvalue weighted by Crippen LogP contribution is -2.28. The number of rotatable bonds is 7. The molecule has 140 valence electrons. The van der Waals surface area contributed by atoms with Crippen molar-refractivity contribution in [1.29, 1.82) is 0 Å². The molecule has 1 aromatic heterocycles. The lowest BCUT2D eigenvalue weighted by atomic mass is 10.0. The number of hydrogen-bond donors (Lipinski definition) is 1. The van der Waals surface area contributed by atoms with Gasteiger partial charge >= 0.3 is 0 Å². The molecular weight excluding hydrogens is 369 g/mol. The van der Waals surface area contributed by atoms with Crippen LogP contribution in [0.3, 0.4) is 0 Å². The van der Waals surface area contributed by atoms with Gasteiger partial charge in [-0.05, 0) is 47.9 Å². The van der Waals surface area contributed by atoms with Crippen molar-refractivity contribution in [1.82, 2.24) is 15.1 Å². The first-order valence-corrected chi connectivity index (χ1v) is 8.84. The molecule has 0 bridgehead atoms. The SMILES string of the molecule is CC(CNC(=O)c1ccn(COc2cccc(Cl)c2)n1)c1ccc(F)cc1. The number of carbonyl (C=O) groups excluding carboxylic acids is 1. The van der Waals surface area contributed by atoms with Crippen molar-refractivity contribution in [3.63, 3.8) is 0 Å². The van der Waals surface area contributed by atoms with Gasteiger partial charge in [0, 0.05) is 17.8 Å². The summed E-state index contributed by atoms with van der Waals surface area (Å²) < 4.78 is 20.1. The quantitative estimate of drug-likeness (QED) is 0.659. The lowest BCUT2D eigenvalue weighted by molar-refractivity contribution is 0.0944. The molecule has 1 unspecified atom stereocenters. The van der Waals surface area contributed by atoms with E-state index in [4.69, 9.17) is 16.3 Å². The molecule has 0 aliphatic rings. The Morgan fingerprint density at radius 3 is 2.78 bits per heavy atom. The highest BCUT2D eigenvalue weighted by Gasteiger charge is 2.12. The minimum absolute atomic E-state index is 0.0581. The zero-order valence-corrected chi connectivity index (χ0v) is 15.5. The zero-order valence-electron chi connectivity index (χ0n) is 14.7. The second-order valence-electron chi connectivity index (χ2n) is 6.13. The van der Waals surface area contributed by atoms with E-state index >= 15 is 0 Å². The summed E-state index contributed by atoms with van der Waals surface area (Å²) in [6.45, 7) is 2.56. The molecule has 0 radical (unpaired) electrons. The van der Waals surface area contributed by atoms with E-state index in [0.29, 0.717) is 23.0 Å². The van der Waals surface area contributed by atoms with Gasteiger partial charge in [-0.2, -0.15) is 5.10 Å². The second-order valence-corrected chi connectivity index (χ2v) is 6.57. The Kier molecular flexibility index (Phi) is 6.08. The number of ether oxygens (including phenoxy) is 1. The summed E-state index contributed by atoms with van der Waals surface area (Å²) in [5.41, 5.74) is 1.26. The van der Waals surface area contributed by atoms with Gasteiger partial charge in [0.1, 0.15) is 17.3 Å². The first-order valence-electron chi connectivity index (χ1n) is 8.47. The lowest BCUT2D eigenvalue weighted by Gasteiger charge is -2.12. The molecule has 5 nitrogen and oxygen atoms in total. The maximum absolute atomic E-state index is 13.0. The van der Waals surface area contributed by atoms with E-state index < -0.39 is 0 Å². The molecule has 0 spiro atoms. The molecule has 1 heterocycles. The first-order chi connectivity index (χ1) is 13.0. The van der Waals surface area contributed by atoms with E-state index in [1.807, 2.05) is 6.92 Å². The second kappa shape index (κ2) is 8.68. The van der Waals surface area contributed by atoms with Crippen LogP contribution >= 0.6 is 11.6 Å². The molecule has 2 aromatic carbocycles. The van der Waals surface area contributed by atoms with Gasteiger partial charge in [0.05, 0.1) is 0 Å². The molecule has 0 saturated heterocycles. The van der Waals surface area contributed by atoms with Gasteiger partial charge in [0.15, 0.2) is 6.73 Å². The number of halogens is 2. The van der Waals surface area contributed by atoms with Crippen LogP contribution in [-0.4, -0.2) is 22.2 Å². The number of hydrogen-bond acceptors (Lipinski definition) is 3. The van der Waals surface area contributed by atoms with Gasteiger partial charge in [0.25, 0.3) is 5.91 Å². The molecular formula is C20H19ClFN3O2. The topological polar surface area (TPSA) is 56.2 Å². The predicted molar refractivity (Wildman–Crippen MR) is 101 cm³/mol. The fourth-order valence-electron chi connectivity index (χ4n) is 2.50. The highest BCUT2D eigenvalue weighted by Crippen LogP contribution is 2.17. The Labute approximate surface area is 161 Å². The highest BCUT2D eigenvalue weighted by atomic mass is 35.5. The average molecular weight is 388 g/mol. The predicted octanol–water partition coefficient (Wildman–Crippen LogP) is 4.25. The van der Waals surface area contributed by atoms with Crippen LogP contribution in [0.5, 0.6) is 5.75 Å². The summed E-state index contributed by atoms with van der Waals surface area (Å²) in [6.07, 6.45) is 1.67. The first kappa shape index (κ1) is 18.9. The minimum atomic E-state index is -0.277. The summed E-state index contributed by atoms with van der Waals surface area (Å²) in [6, 6.07) is 14.9. The minimum Gasteiger partial charge on any atom is -0.471 e. The van der Waals surface area contributed by atoms with Crippen LogP contribution in [-0.2, 0) is 6.73 Å². The van der Waals surface area contributed by atoms with Gasteiger partial charge in [0.2, 0.25) is 0 Å². The highest BCUT2D eigenvalue weighted by molar-refractivity contribution is 6.30. The normalized spacial score (nSPS) is 11.8. The van der Waals surface area contributed by atoms with Crippen LogP contribution in [0.25, 0.3) is 0 Å². The molecule has 0 fully saturated rings. The number of carbonyl (C=O) groups is 1. The molecule has 0 saturated carbocycles. The number of amides is 1. The van der Waals surface area contributed by atoms with Gasteiger partial charge in [-0.15, -0.1) is 0 Å². The average Bonchev–Trinajstić information content (AvgIpc) is 3.14.